The maximum absolute atomic E-state index is 12.4. The standard InChI is InChI=1S/C11H16N2O5S/c1-7-10(3-4-18-7)13(2)19(16,17)8-5-9(11(14)15)12-6-8/h5-7,10,12H,3-4H2,1-2H3,(H,14,15). The number of likely N-dealkylation sites (N-methyl/N-ethyl adjacent to an activating group) is 1. The second-order valence-corrected chi connectivity index (χ2v) is 6.50. The Bertz CT molecular complexity index is 580. The molecule has 1 saturated heterocycles. The first-order chi connectivity index (χ1) is 8.84. The molecule has 1 aromatic heterocycles. The zero-order chi connectivity index (χ0) is 14.2. The number of carboxylic acid groups (broad SMARTS) is 1. The van der Waals surface area contributed by atoms with Crippen molar-refractivity contribution in [3.05, 3.63) is 18.0 Å². The molecule has 0 saturated carbocycles. The van der Waals surface area contributed by atoms with Crippen LogP contribution in [0.3, 0.4) is 0 Å². The molecule has 2 atom stereocenters. The molecule has 0 aliphatic carbocycles. The van der Waals surface area contributed by atoms with Crippen LogP contribution in [-0.4, -0.2) is 54.6 Å². The molecule has 8 heteroatoms. The van der Waals surface area contributed by atoms with Gasteiger partial charge in [0.25, 0.3) is 0 Å². The molecule has 19 heavy (non-hydrogen) atoms. The molecular formula is C11H16N2O5S. The Morgan fingerprint density at radius 1 is 1.58 bits per heavy atom. The van der Waals surface area contributed by atoms with Gasteiger partial charge in [0, 0.05) is 19.9 Å². The lowest BCUT2D eigenvalue weighted by Gasteiger charge is -2.25. The topological polar surface area (TPSA) is 99.7 Å². The Balaban J connectivity index is 2.28. The van der Waals surface area contributed by atoms with Crippen LogP contribution in [0.15, 0.2) is 17.2 Å². The minimum Gasteiger partial charge on any atom is -0.477 e. The number of aromatic amines is 1. The fraction of sp³-hybridized carbons (Fsp3) is 0.545. The average molecular weight is 288 g/mol. The van der Waals surface area contributed by atoms with Crippen LogP contribution < -0.4 is 0 Å². The van der Waals surface area contributed by atoms with Crippen LogP contribution in [-0.2, 0) is 14.8 Å². The Kier molecular flexibility index (Phi) is 3.66. The van der Waals surface area contributed by atoms with Crippen molar-refractivity contribution in [3.63, 3.8) is 0 Å². The molecule has 2 heterocycles. The van der Waals surface area contributed by atoms with Gasteiger partial charge in [0.05, 0.1) is 12.1 Å². The van der Waals surface area contributed by atoms with Crippen molar-refractivity contribution < 1.29 is 23.1 Å². The van der Waals surface area contributed by atoms with Crippen molar-refractivity contribution in [1.82, 2.24) is 9.29 Å². The normalized spacial score (nSPS) is 23.9. The van der Waals surface area contributed by atoms with Crippen LogP contribution in [0.4, 0.5) is 0 Å². The van der Waals surface area contributed by atoms with Gasteiger partial charge in [-0.1, -0.05) is 0 Å². The summed E-state index contributed by atoms with van der Waals surface area (Å²) in [5.41, 5.74) is -0.150. The Labute approximate surface area is 111 Å². The molecule has 2 rings (SSSR count). The molecule has 0 radical (unpaired) electrons. The van der Waals surface area contributed by atoms with E-state index in [4.69, 9.17) is 9.84 Å². The maximum atomic E-state index is 12.4. The molecule has 0 amide bonds. The predicted octanol–water partition coefficient (Wildman–Crippen LogP) is 0.511. The van der Waals surface area contributed by atoms with Gasteiger partial charge in [-0.25, -0.2) is 13.2 Å². The number of nitrogens with one attached hydrogen (secondary N) is 1. The van der Waals surface area contributed by atoms with Crippen molar-refractivity contribution in [2.24, 2.45) is 0 Å². The number of aromatic carboxylic acids is 1. The summed E-state index contributed by atoms with van der Waals surface area (Å²) in [4.78, 5) is 13.1. The molecule has 106 valence electrons. The first kappa shape index (κ1) is 14.0. The number of hydrogen-bond donors (Lipinski definition) is 2. The summed E-state index contributed by atoms with van der Waals surface area (Å²) < 4.78 is 31.3. The molecule has 7 nitrogen and oxygen atoms in total. The number of hydrogen-bond acceptors (Lipinski definition) is 4. The quantitative estimate of drug-likeness (QED) is 0.841. The maximum Gasteiger partial charge on any atom is 0.352 e. The number of rotatable bonds is 4. The molecule has 1 aromatic rings. The monoisotopic (exact) mass is 288 g/mol. The summed E-state index contributed by atoms with van der Waals surface area (Å²) in [7, 11) is -2.22. The largest absolute Gasteiger partial charge is 0.477 e. The van der Waals surface area contributed by atoms with E-state index in [2.05, 4.69) is 4.98 Å². The fourth-order valence-corrected chi connectivity index (χ4v) is 3.63. The fourth-order valence-electron chi connectivity index (χ4n) is 2.19. The highest BCUT2D eigenvalue weighted by molar-refractivity contribution is 7.89. The van der Waals surface area contributed by atoms with Gasteiger partial charge < -0.3 is 14.8 Å². The van der Waals surface area contributed by atoms with Crippen LogP contribution >= 0.6 is 0 Å². The highest BCUT2D eigenvalue weighted by Crippen LogP contribution is 2.25. The SMILES string of the molecule is CC1OCCC1N(C)S(=O)(=O)c1c[nH]c(C(=O)O)c1. The van der Waals surface area contributed by atoms with Crippen molar-refractivity contribution in [3.8, 4) is 0 Å². The van der Waals surface area contributed by atoms with E-state index >= 15 is 0 Å². The predicted molar refractivity (Wildman–Crippen MR) is 66.5 cm³/mol. The highest BCUT2D eigenvalue weighted by Gasteiger charge is 2.35. The van der Waals surface area contributed by atoms with E-state index < -0.39 is 16.0 Å². The summed E-state index contributed by atoms with van der Waals surface area (Å²) in [5, 5.41) is 8.80. The molecule has 1 fully saturated rings. The lowest BCUT2D eigenvalue weighted by atomic mass is 10.2. The zero-order valence-corrected chi connectivity index (χ0v) is 11.5. The van der Waals surface area contributed by atoms with Crippen molar-refractivity contribution in [2.75, 3.05) is 13.7 Å². The third-order valence-electron chi connectivity index (χ3n) is 3.37. The second-order valence-electron chi connectivity index (χ2n) is 4.51. The van der Waals surface area contributed by atoms with E-state index in [1.165, 1.54) is 17.5 Å². The number of H-pyrrole nitrogens is 1. The van der Waals surface area contributed by atoms with Crippen LogP contribution in [0.1, 0.15) is 23.8 Å². The van der Waals surface area contributed by atoms with Gasteiger partial charge in [-0.05, 0) is 19.4 Å². The van der Waals surface area contributed by atoms with Crippen LogP contribution in [0.5, 0.6) is 0 Å². The highest BCUT2D eigenvalue weighted by atomic mass is 32.2. The number of sulfonamides is 1. The smallest absolute Gasteiger partial charge is 0.352 e. The number of nitrogens with zero attached hydrogens (tertiary/aromatic N) is 1. The van der Waals surface area contributed by atoms with E-state index in [9.17, 15) is 13.2 Å². The average Bonchev–Trinajstić information content (AvgIpc) is 2.96. The van der Waals surface area contributed by atoms with E-state index in [0.717, 1.165) is 6.07 Å². The Morgan fingerprint density at radius 3 is 2.74 bits per heavy atom. The van der Waals surface area contributed by atoms with Crippen molar-refractivity contribution >= 4 is 16.0 Å². The third kappa shape index (κ3) is 2.51. The number of ether oxygens (including phenoxy) is 1. The third-order valence-corrected chi connectivity index (χ3v) is 5.23. The van der Waals surface area contributed by atoms with Gasteiger partial charge in [-0.2, -0.15) is 4.31 Å². The van der Waals surface area contributed by atoms with Gasteiger partial charge in [0.1, 0.15) is 10.6 Å². The van der Waals surface area contributed by atoms with Crippen LogP contribution in [0.2, 0.25) is 0 Å². The second kappa shape index (κ2) is 4.95. The summed E-state index contributed by atoms with van der Waals surface area (Å²) in [6, 6.07) is 0.891. The van der Waals surface area contributed by atoms with E-state index in [-0.39, 0.29) is 22.7 Å². The summed E-state index contributed by atoms with van der Waals surface area (Å²) in [6.45, 7) is 2.35. The first-order valence-electron chi connectivity index (χ1n) is 5.85. The van der Waals surface area contributed by atoms with Gasteiger partial charge in [0.2, 0.25) is 10.0 Å². The Morgan fingerprint density at radius 2 is 2.26 bits per heavy atom. The molecule has 0 aromatic carbocycles. The summed E-state index contributed by atoms with van der Waals surface area (Å²) >= 11 is 0. The van der Waals surface area contributed by atoms with Gasteiger partial charge in [-0.15, -0.1) is 0 Å². The van der Waals surface area contributed by atoms with E-state index in [0.29, 0.717) is 13.0 Å². The first-order valence-corrected chi connectivity index (χ1v) is 7.29. The molecule has 0 spiro atoms. The van der Waals surface area contributed by atoms with Crippen LogP contribution in [0.25, 0.3) is 0 Å². The molecule has 1 aliphatic rings. The van der Waals surface area contributed by atoms with Crippen molar-refractivity contribution in [2.45, 2.75) is 30.4 Å². The van der Waals surface area contributed by atoms with E-state index in [1.54, 1.807) is 0 Å². The molecule has 1 aliphatic heterocycles. The van der Waals surface area contributed by atoms with Gasteiger partial charge >= 0.3 is 5.97 Å². The molecule has 2 N–H and O–H groups in total. The minimum absolute atomic E-state index is 0.0495. The summed E-state index contributed by atoms with van der Waals surface area (Å²) in [6.07, 6.45) is 1.65. The zero-order valence-electron chi connectivity index (χ0n) is 10.7. The molecule has 2 unspecified atom stereocenters. The van der Waals surface area contributed by atoms with Crippen LogP contribution in [0, 0.1) is 0 Å². The lowest BCUT2D eigenvalue weighted by molar-refractivity contribution is 0.0691. The van der Waals surface area contributed by atoms with Crippen molar-refractivity contribution in [1.29, 1.82) is 0 Å². The van der Waals surface area contributed by atoms with Gasteiger partial charge in [-0.3, -0.25) is 0 Å². The molecule has 0 bridgehead atoms. The van der Waals surface area contributed by atoms with E-state index in [1.807, 2.05) is 6.92 Å². The number of aromatic nitrogens is 1. The number of carboxylic acids is 1. The number of carbonyl (C=O) groups is 1. The van der Waals surface area contributed by atoms with Gasteiger partial charge in [0.15, 0.2) is 0 Å². The lowest BCUT2D eigenvalue weighted by Crippen LogP contribution is -2.40. The Hall–Kier alpha value is -1.38. The molecular weight excluding hydrogens is 272 g/mol. The minimum atomic E-state index is -3.71. The summed E-state index contributed by atoms with van der Waals surface area (Å²) in [5.74, 6) is -1.19.